The van der Waals surface area contributed by atoms with Crippen molar-refractivity contribution < 1.29 is 19.1 Å². The molecule has 0 spiro atoms. The number of hydrogen-bond donors (Lipinski definition) is 0. The molecule has 4 nitrogen and oxygen atoms in total. The molecule has 1 aromatic carbocycles. The lowest BCUT2D eigenvalue weighted by atomic mass is 9.95. The molecule has 0 N–H and O–H groups in total. The second kappa shape index (κ2) is 4.72. The van der Waals surface area contributed by atoms with Crippen LogP contribution in [-0.4, -0.2) is 24.6 Å². The van der Waals surface area contributed by atoms with E-state index in [2.05, 4.69) is 4.74 Å². The normalized spacial score (nSPS) is 15.8. The quantitative estimate of drug-likeness (QED) is 0.451. The van der Waals surface area contributed by atoms with Crippen molar-refractivity contribution in [2.75, 3.05) is 7.11 Å². The summed E-state index contributed by atoms with van der Waals surface area (Å²) in [7, 11) is 1.26. The lowest BCUT2D eigenvalue weighted by Crippen LogP contribution is -2.28. The molecule has 2 rings (SSSR count). The molecule has 4 heteroatoms. The predicted octanol–water partition coefficient (Wildman–Crippen LogP) is 1.78. The van der Waals surface area contributed by atoms with Crippen molar-refractivity contribution >= 4 is 17.5 Å². The third kappa shape index (κ3) is 2.18. The highest BCUT2D eigenvalue weighted by Crippen LogP contribution is 2.48. The Morgan fingerprint density at radius 3 is 2.28 bits per heavy atom. The molecule has 0 unspecified atom stereocenters. The van der Waals surface area contributed by atoms with Crippen LogP contribution in [0.2, 0.25) is 0 Å². The van der Waals surface area contributed by atoms with E-state index in [1.807, 2.05) is 0 Å². The summed E-state index contributed by atoms with van der Waals surface area (Å²) >= 11 is 0. The van der Waals surface area contributed by atoms with E-state index in [4.69, 9.17) is 0 Å². The SMILES string of the molecule is COC(=O)C1(C(=O)CC(=O)c2ccccc2)CC1. The van der Waals surface area contributed by atoms with Crippen molar-refractivity contribution in [3.05, 3.63) is 35.9 Å². The van der Waals surface area contributed by atoms with Gasteiger partial charge in [0.05, 0.1) is 13.5 Å². The van der Waals surface area contributed by atoms with E-state index in [1.165, 1.54) is 7.11 Å². The average Bonchev–Trinajstić information content (AvgIpc) is 3.20. The summed E-state index contributed by atoms with van der Waals surface area (Å²) in [6.07, 6.45) is 0.736. The van der Waals surface area contributed by atoms with Crippen LogP contribution in [0.15, 0.2) is 30.3 Å². The van der Waals surface area contributed by atoms with Crippen LogP contribution in [0.25, 0.3) is 0 Å². The van der Waals surface area contributed by atoms with Crippen LogP contribution in [0, 0.1) is 5.41 Å². The van der Waals surface area contributed by atoms with Gasteiger partial charge in [0, 0.05) is 5.56 Å². The first-order chi connectivity index (χ1) is 8.60. The highest BCUT2D eigenvalue weighted by atomic mass is 16.5. The standard InChI is InChI=1S/C14H14O4/c1-18-13(17)14(7-8-14)12(16)9-11(15)10-5-3-2-4-6-10/h2-6H,7-9H2,1H3. The number of methoxy groups -OCH3 is 1. The van der Waals surface area contributed by atoms with Crippen LogP contribution in [0.1, 0.15) is 29.6 Å². The Morgan fingerprint density at radius 1 is 1.17 bits per heavy atom. The number of esters is 1. The fourth-order valence-electron chi connectivity index (χ4n) is 1.96. The van der Waals surface area contributed by atoms with Crippen LogP contribution >= 0.6 is 0 Å². The zero-order valence-corrected chi connectivity index (χ0v) is 10.1. The van der Waals surface area contributed by atoms with E-state index in [0.29, 0.717) is 18.4 Å². The molecule has 1 aromatic rings. The van der Waals surface area contributed by atoms with E-state index in [-0.39, 0.29) is 18.0 Å². The summed E-state index contributed by atoms with van der Waals surface area (Å²) in [5, 5.41) is 0. The second-order valence-corrected chi connectivity index (χ2v) is 4.46. The van der Waals surface area contributed by atoms with E-state index >= 15 is 0 Å². The first-order valence-electron chi connectivity index (χ1n) is 5.80. The topological polar surface area (TPSA) is 60.4 Å². The van der Waals surface area contributed by atoms with E-state index < -0.39 is 11.4 Å². The van der Waals surface area contributed by atoms with E-state index in [9.17, 15) is 14.4 Å². The largest absolute Gasteiger partial charge is 0.468 e. The van der Waals surface area contributed by atoms with Crippen LogP contribution in [0.3, 0.4) is 0 Å². The van der Waals surface area contributed by atoms with Crippen LogP contribution in [0.4, 0.5) is 0 Å². The summed E-state index contributed by atoms with van der Waals surface area (Å²) in [5.41, 5.74) is -0.550. The zero-order valence-electron chi connectivity index (χ0n) is 10.1. The van der Waals surface area contributed by atoms with Gasteiger partial charge in [-0.3, -0.25) is 14.4 Å². The van der Waals surface area contributed by atoms with Crippen molar-refractivity contribution in [3.63, 3.8) is 0 Å². The zero-order chi connectivity index (χ0) is 13.2. The smallest absolute Gasteiger partial charge is 0.319 e. The number of rotatable bonds is 5. The molecule has 1 saturated carbocycles. The molecule has 0 amide bonds. The number of carbonyl (C=O) groups excluding carboxylic acids is 3. The maximum absolute atomic E-state index is 12.0. The molecule has 1 aliphatic carbocycles. The van der Waals surface area contributed by atoms with Crippen LogP contribution < -0.4 is 0 Å². The summed E-state index contributed by atoms with van der Waals surface area (Å²) < 4.78 is 4.61. The molecule has 0 saturated heterocycles. The van der Waals surface area contributed by atoms with Gasteiger partial charge in [0.25, 0.3) is 0 Å². The predicted molar refractivity (Wildman–Crippen MR) is 64.1 cm³/mol. The molecule has 1 aliphatic rings. The molecular weight excluding hydrogens is 232 g/mol. The fourth-order valence-corrected chi connectivity index (χ4v) is 1.96. The Hall–Kier alpha value is -1.97. The molecule has 1 fully saturated rings. The summed E-state index contributed by atoms with van der Waals surface area (Å²) in [5.74, 6) is -1.10. The lowest BCUT2D eigenvalue weighted by molar-refractivity contribution is -0.151. The summed E-state index contributed by atoms with van der Waals surface area (Å²) in [6.45, 7) is 0. The molecule has 0 aromatic heterocycles. The van der Waals surface area contributed by atoms with Gasteiger partial charge in [0.2, 0.25) is 0 Å². The first kappa shape index (κ1) is 12.5. The van der Waals surface area contributed by atoms with Crippen LogP contribution in [0.5, 0.6) is 0 Å². The van der Waals surface area contributed by atoms with Crippen molar-refractivity contribution in [2.24, 2.45) is 5.41 Å². The van der Waals surface area contributed by atoms with E-state index in [1.54, 1.807) is 30.3 Å². The molecule has 0 aliphatic heterocycles. The molecule has 0 radical (unpaired) electrons. The van der Waals surface area contributed by atoms with Gasteiger partial charge in [-0.2, -0.15) is 0 Å². The molecule has 0 bridgehead atoms. The first-order valence-corrected chi connectivity index (χ1v) is 5.80. The molecule has 0 atom stereocenters. The highest BCUT2D eigenvalue weighted by Gasteiger charge is 2.57. The Labute approximate surface area is 105 Å². The third-order valence-corrected chi connectivity index (χ3v) is 3.28. The van der Waals surface area contributed by atoms with Gasteiger partial charge in [0.15, 0.2) is 11.6 Å². The Morgan fingerprint density at radius 2 is 1.78 bits per heavy atom. The van der Waals surface area contributed by atoms with Gasteiger partial charge in [0.1, 0.15) is 5.41 Å². The monoisotopic (exact) mass is 246 g/mol. The van der Waals surface area contributed by atoms with Gasteiger partial charge < -0.3 is 4.74 Å². The minimum atomic E-state index is -1.04. The Kier molecular flexibility index (Phi) is 3.28. The van der Waals surface area contributed by atoms with Crippen molar-refractivity contribution in [1.82, 2.24) is 0 Å². The number of ketones is 2. The second-order valence-electron chi connectivity index (χ2n) is 4.46. The van der Waals surface area contributed by atoms with Crippen molar-refractivity contribution in [2.45, 2.75) is 19.3 Å². The van der Waals surface area contributed by atoms with Gasteiger partial charge in [-0.05, 0) is 12.8 Å². The molecule has 18 heavy (non-hydrogen) atoms. The number of benzene rings is 1. The van der Waals surface area contributed by atoms with Gasteiger partial charge in [-0.15, -0.1) is 0 Å². The number of Topliss-reactive ketones (excluding diaryl/α,β-unsaturated/α-hetero) is 2. The lowest BCUT2D eigenvalue weighted by Gasteiger charge is -2.10. The van der Waals surface area contributed by atoms with E-state index in [0.717, 1.165) is 0 Å². The maximum atomic E-state index is 12.0. The minimum absolute atomic E-state index is 0.237. The minimum Gasteiger partial charge on any atom is -0.468 e. The van der Waals surface area contributed by atoms with Crippen molar-refractivity contribution in [3.8, 4) is 0 Å². The number of ether oxygens (including phenoxy) is 1. The fraction of sp³-hybridized carbons (Fsp3) is 0.357. The van der Waals surface area contributed by atoms with Gasteiger partial charge >= 0.3 is 5.97 Å². The molecular formula is C14H14O4. The van der Waals surface area contributed by atoms with Gasteiger partial charge in [-0.25, -0.2) is 0 Å². The molecule has 94 valence electrons. The molecule has 0 heterocycles. The Balaban J connectivity index is 2.05. The average molecular weight is 246 g/mol. The number of hydrogen-bond acceptors (Lipinski definition) is 4. The number of carbonyl (C=O) groups is 3. The third-order valence-electron chi connectivity index (χ3n) is 3.28. The summed E-state index contributed by atoms with van der Waals surface area (Å²) in [6, 6.07) is 8.60. The highest BCUT2D eigenvalue weighted by molar-refractivity contribution is 6.16. The van der Waals surface area contributed by atoms with Crippen molar-refractivity contribution in [1.29, 1.82) is 0 Å². The van der Waals surface area contributed by atoms with Crippen LogP contribution in [-0.2, 0) is 14.3 Å². The van der Waals surface area contributed by atoms with Gasteiger partial charge in [-0.1, -0.05) is 30.3 Å². The summed E-state index contributed by atoms with van der Waals surface area (Å²) in [4.78, 5) is 35.4. The Bertz CT molecular complexity index is 486. The maximum Gasteiger partial charge on any atom is 0.319 e.